The summed E-state index contributed by atoms with van der Waals surface area (Å²) in [5, 5.41) is 6.22. The van der Waals surface area contributed by atoms with Crippen LogP contribution < -0.4 is 10.6 Å². The molecule has 0 radical (unpaired) electrons. The highest BCUT2D eigenvalue weighted by Gasteiger charge is 2.10. The zero-order valence-corrected chi connectivity index (χ0v) is 14.1. The fraction of sp³-hybridized carbons (Fsp3) is 0. The monoisotopic (exact) mass is 376 g/mol. The normalized spacial score (nSPS) is 10.4. The quantitative estimate of drug-likeness (QED) is 0.678. The number of aromatic nitrogens is 2. The highest BCUT2D eigenvalue weighted by Crippen LogP contribution is 2.23. The average molecular weight is 377 g/mol. The number of rotatable bonds is 4. The van der Waals surface area contributed by atoms with Crippen LogP contribution in [-0.2, 0) is 0 Å². The van der Waals surface area contributed by atoms with Gasteiger partial charge in [-0.25, -0.2) is 14.4 Å². The summed E-state index contributed by atoms with van der Waals surface area (Å²) in [6.45, 7) is 0. The first-order valence-electron chi connectivity index (χ1n) is 7.12. The van der Waals surface area contributed by atoms with Crippen molar-refractivity contribution in [3.63, 3.8) is 0 Å². The van der Waals surface area contributed by atoms with E-state index in [1.165, 1.54) is 18.5 Å². The van der Waals surface area contributed by atoms with Gasteiger partial charge in [-0.15, -0.1) is 0 Å². The maximum absolute atomic E-state index is 13.6. The SMILES string of the molecule is O=C(Nc1cc(Cl)cc(Cl)c1)c1cnc(Nc2ccccc2F)cn1. The third-order valence-corrected chi connectivity index (χ3v) is 3.58. The maximum Gasteiger partial charge on any atom is 0.275 e. The zero-order valence-electron chi connectivity index (χ0n) is 12.6. The summed E-state index contributed by atoms with van der Waals surface area (Å²) in [5.74, 6) is -0.570. The summed E-state index contributed by atoms with van der Waals surface area (Å²) < 4.78 is 13.6. The van der Waals surface area contributed by atoms with E-state index in [1.54, 1.807) is 36.4 Å². The van der Waals surface area contributed by atoms with E-state index in [4.69, 9.17) is 23.2 Å². The van der Waals surface area contributed by atoms with Gasteiger partial charge in [0.2, 0.25) is 0 Å². The van der Waals surface area contributed by atoms with Gasteiger partial charge in [0.15, 0.2) is 0 Å². The smallest absolute Gasteiger partial charge is 0.275 e. The number of benzene rings is 2. The molecule has 0 spiro atoms. The van der Waals surface area contributed by atoms with Crippen molar-refractivity contribution >= 4 is 46.3 Å². The molecule has 0 atom stereocenters. The lowest BCUT2D eigenvalue weighted by Gasteiger charge is -2.08. The fourth-order valence-corrected chi connectivity index (χ4v) is 2.56. The van der Waals surface area contributed by atoms with Gasteiger partial charge in [0.1, 0.15) is 17.3 Å². The summed E-state index contributed by atoms with van der Waals surface area (Å²) in [4.78, 5) is 20.3. The summed E-state index contributed by atoms with van der Waals surface area (Å²) >= 11 is 11.8. The molecule has 1 amide bonds. The number of amides is 1. The molecule has 0 bridgehead atoms. The molecule has 0 saturated carbocycles. The van der Waals surface area contributed by atoms with Crippen LogP contribution in [0.25, 0.3) is 0 Å². The Kier molecular flexibility index (Phi) is 5.11. The van der Waals surface area contributed by atoms with E-state index in [2.05, 4.69) is 20.6 Å². The molecule has 2 N–H and O–H groups in total. The maximum atomic E-state index is 13.6. The van der Waals surface area contributed by atoms with E-state index in [0.717, 1.165) is 0 Å². The lowest BCUT2D eigenvalue weighted by Crippen LogP contribution is -2.14. The molecule has 25 heavy (non-hydrogen) atoms. The average Bonchev–Trinajstić information content (AvgIpc) is 2.56. The predicted molar refractivity (Wildman–Crippen MR) is 96.1 cm³/mol. The predicted octanol–water partition coefficient (Wildman–Crippen LogP) is 4.92. The van der Waals surface area contributed by atoms with Crippen LogP contribution in [0.3, 0.4) is 0 Å². The van der Waals surface area contributed by atoms with Crippen LogP contribution in [0.15, 0.2) is 54.9 Å². The van der Waals surface area contributed by atoms with Crippen LogP contribution in [0.2, 0.25) is 10.0 Å². The Labute approximate surface area is 152 Å². The molecule has 8 heteroatoms. The van der Waals surface area contributed by atoms with Crippen molar-refractivity contribution in [1.82, 2.24) is 9.97 Å². The van der Waals surface area contributed by atoms with Gasteiger partial charge in [-0.2, -0.15) is 0 Å². The Bertz CT molecular complexity index is 899. The second-order valence-corrected chi connectivity index (χ2v) is 5.88. The first-order chi connectivity index (χ1) is 12.0. The molecule has 5 nitrogen and oxygen atoms in total. The van der Waals surface area contributed by atoms with Crippen molar-refractivity contribution in [3.05, 3.63) is 76.4 Å². The Morgan fingerprint density at radius 2 is 1.72 bits per heavy atom. The van der Waals surface area contributed by atoms with Crippen LogP contribution in [0.1, 0.15) is 10.5 Å². The molecule has 1 aromatic heterocycles. The fourth-order valence-electron chi connectivity index (χ4n) is 2.03. The lowest BCUT2D eigenvalue weighted by molar-refractivity contribution is 0.102. The van der Waals surface area contributed by atoms with Crippen LogP contribution in [0.5, 0.6) is 0 Å². The van der Waals surface area contributed by atoms with Crippen molar-refractivity contribution in [2.75, 3.05) is 10.6 Å². The molecule has 126 valence electrons. The molecule has 3 aromatic rings. The van der Waals surface area contributed by atoms with Crippen molar-refractivity contribution in [1.29, 1.82) is 0 Å². The van der Waals surface area contributed by atoms with Gasteiger partial charge >= 0.3 is 0 Å². The van der Waals surface area contributed by atoms with E-state index in [0.29, 0.717) is 21.6 Å². The molecule has 3 rings (SSSR count). The first-order valence-corrected chi connectivity index (χ1v) is 7.88. The number of hydrogen-bond donors (Lipinski definition) is 2. The van der Waals surface area contributed by atoms with Crippen LogP contribution in [0.4, 0.5) is 21.6 Å². The van der Waals surface area contributed by atoms with Crippen LogP contribution in [-0.4, -0.2) is 15.9 Å². The summed E-state index contributed by atoms with van der Waals surface area (Å²) in [6, 6.07) is 10.9. The highest BCUT2D eigenvalue weighted by atomic mass is 35.5. The van der Waals surface area contributed by atoms with Crippen molar-refractivity contribution in [3.8, 4) is 0 Å². The molecule has 1 heterocycles. The van der Waals surface area contributed by atoms with E-state index < -0.39 is 11.7 Å². The second kappa shape index (κ2) is 7.46. The Balaban J connectivity index is 1.71. The summed E-state index contributed by atoms with van der Waals surface area (Å²) in [7, 11) is 0. The molecular weight excluding hydrogens is 366 g/mol. The number of para-hydroxylation sites is 1. The minimum absolute atomic E-state index is 0.0928. The minimum Gasteiger partial charge on any atom is -0.337 e. The number of nitrogens with one attached hydrogen (secondary N) is 2. The Morgan fingerprint density at radius 1 is 1.00 bits per heavy atom. The van der Waals surface area contributed by atoms with Gasteiger partial charge in [0.25, 0.3) is 5.91 Å². The van der Waals surface area contributed by atoms with E-state index in [9.17, 15) is 9.18 Å². The molecule has 0 unspecified atom stereocenters. The van der Waals surface area contributed by atoms with E-state index >= 15 is 0 Å². The van der Waals surface area contributed by atoms with Gasteiger partial charge in [0.05, 0.1) is 18.1 Å². The van der Waals surface area contributed by atoms with Crippen molar-refractivity contribution in [2.45, 2.75) is 0 Å². The van der Waals surface area contributed by atoms with Gasteiger partial charge in [-0.3, -0.25) is 4.79 Å². The molecule has 0 fully saturated rings. The Morgan fingerprint density at radius 3 is 2.36 bits per heavy atom. The van der Waals surface area contributed by atoms with E-state index in [-0.39, 0.29) is 11.4 Å². The third kappa shape index (κ3) is 4.43. The third-order valence-electron chi connectivity index (χ3n) is 3.14. The van der Waals surface area contributed by atoms with Crippen molar-refractivity contribution < 1.29 is 9.18 Å². The van der Waals surface area contributed by atoms with Crippen LogP contribution in [0, 0.1) is 5.82 Å². The zero-order chi connectivity index (χ0) is 17.8. The number of carbonyl (C=O) groups is 1. The van der Waals surface area contributed by atoms with Crippen molar-refractivity contribution in [2.24, 2.45) is 0 Å². The molecule has 0 aliphatic heterocycles. The van der Waals surface area contributed by atoms with Crippen LogP contribution >= 0.6 is 23.2 Å². The molecule has 0 aliphatic rings. The molecule has 2 aromatic carbocycles. The summed E-state index contributed by atoms with van der Waals surface area (Å²) in [6.07, 6.45) is 2.62. The number of halogens is 3. The minimum atomic E-state index is -0.469. The first kappa shape index (κ1) is 17.1. The topological polar surface area (TPSA) is 66.9 Å². The summed E-state index contributed by atoms with van der Waals surface area (Å²) in [5.41, 5.74) is 0.801. The largest absolute Gasteiger partial charge is 0.337 e. The van der Waals surface area contributed by atoms with Gasteiger partial charge < -0.3 is 10.6 Å². The van der Waals surface area contributed by atoms with E-state index in [1.807, 2.05) is 0 Å². The standard InChI is InChI=1S/C17H11Cl2FN4O/c18-10-5-11(19)7-12(6-10)23-17(25)15-8-22-16(9-21-15)24-14-4-2-1-3-13(14)20/h1-9H,(H,22,24)(H,23,25). The van der Waals surface area contributed by atoms with Gasteiger partial charge in [-0.1, -0.05) is 35.3 Å². The second-order valence-electron chi connectivity index (χ2n) is 5.00. The van der Waals surface area contributed by atoms with Gasteiger partial charge in [0, 0.05) is 15.7 Å². The number of anilines is 3. The van der Waals surface area contributed by atoms with Gasteiger partial charge in [-0.05, 0) is 30.3 Å². The number of hydrogen-bond acceptors (Lipinski definition) is 4. The highest BCUT2D eigenvalue weighted by molar-refractivity contribution is 6.35. The molecule has 0 aliphatic carbocycles. The lowest BCUT2D eigenvalue weighted by atomic mass is 10.3. The number of carbonyl (C=O) groups excluding carboxylic acids is 1. The molecular formula is C17H11Cl2FN4O. The number of nitrogens with zero attached hydrogens (tertiary/aromatic N) is 2. The molecule has 0 saturated heterocycles. The Hall–Kier alpha value is -2.70.